The molecule has 10 heteroatoms. The Bertz CT molecular complexity index is 1290. The zero-order valence-electron chi connectivity index (χ0n) is 18.9. The standard InChI is InChI=1S/C23H22O10/c1-11(24)31-15-9-13(7-8-14(15)27-3)20-23(32-12(2)25)19(26)18-16(33-20)10-17(28-4)21(29-5)22(18)30-6/h7-10H,1-6H3. The third-order valence-corrected chi connectivity index (χ3v) is 4.57. The van der Waals surface area contributed by atoms with Crippen molar-refractivity contribution in [2.45, 2.75) is 13.8 Å². The summed E-state index contributed by atoms with van der Waals surface area (Å²) in [5, 5.41) is -0.0103. The molecule has 3 rings (SSSR count). The lowest BCUT2D eigenvalue weighted by Gasteiger charge is -2.16. The van der Waals surface area contributed by atoms with Crippen molar-refractivity contribution in [1.82, 2.24) is 0 Å². The van der Waals surface area contributed by atoms with Gasteiger partial charge in [-0.05, 0) is 18.2 Å². The van der Waals surface area contributed by atoms with E-state index in [9.17, 15) is 14.4 Å². The molecule has 0 N–H and O–H groups in total. The Morgan fingerprint density at radius 1 is 0.727 bits per heavy atom. The van der Waals surface area contributed by atoms with Gasteiger partial charge in [0.15, 0.2) is 28.8 Å². The highest BCUT2D eigenvalue weighted by molar-refractivity contribution is 5.92. The maximum absolute atomic E-state index is 13.5. The molecule has 0 fully saturated rings. The van der Waals surface area contributed by atoms with Gasteiger partial charge < -0.3 is 32.8 Å². The fourth-order valence-electron chi connectivity index (χ4n) is 3.28. The Morgan fingerprint density at radius 3 is 1.91 bits per heavy atom. The topological polar surface area (TPSA) is 120 Å². The first kappa shape index (κ1) is 23.5. The molecule has 0 amide bonds. The van der Waals surface area contributed by atoms with Gasteiger partial charge in [-0.15, -0.1) is 0 Å². The van der Waals surface area contributed by atoms with E-state index in [2.05, 4.69) is 0 Å². The quantitative estimate of drug-likeness (QED) is 0.385. The van der Waals surface area contributed by atoms with Gasteiger partial charge in [-0.3, -0.25) is 14.4 Å². The molecule has 10 nitrogen and oxygen atoms in total. The summed E-state index contributed by atoms with van der Waals surface area (Å²) in [6, 6.07) is 5.95. The molecule has 0 saturated carbocycles. The molecular formula is C23H22O10. The van der Waals surface area contributed by atoms with E-state index >= 15 is 0 Å². The van der Waals surface area contributed by atoms with Crippen LogP contribution in [0.1, 0.15) is 13.8 Å². The summed E-state index contributed by atoms with van der Waals surface area (Å²) in [4.78, 5) is 36.8. The number of methoxy groups -OCH3 is 4. The Hall–Kier alpha value is -4.21. The van der Waals surface area contributed by atoms with E-state index in [-0.39, 0.29) is 56.8 Å². The Labute approximate surface area is 188 Å². The van der Waals surface area contributed by atoms with Crippen molar-refractivity contribution < 1.29 is 42.4 Å². The van der Waals surface area contributed by atoms with Crippen LogP contribution >= 0.6 is 0 Å². The van der Waals surface area contributed by atoms with E-state index < -0.39 is 17.4 Å². The lowest BCUT2D eigenvalue weighted by atomic mass is 10.1. The fourth-order valence-corrected chi connectivity index (χ4v) is 3.28. The van der Waals surface area contributed by atoms with Crippen LogP contribution in [0.5, 0.6) is 34.5 Å². The minimum absolute atomic E-state index is 0.0103. The van der Waals surface area contributed by atoms with Crippen LogP contribution in [0, 0.1) is 0 Å². The maximum atomic E-state index is 13.5. The van der Waals surface area contributed by atoms with E-state index in [1.54, 1.807) is 6.07 Å². The summed E-state index contributed by atoms with van der Waals surface area (Å²) in [6.07, 6.45) is 0. The van der Waals surface area contributed by atoms with Crippen molar-refractivity contribution in [3.8, 4) is 45.8 Å². The molecule has 174 valence electrons. The molecule has 1 aromatic heterocycles. The summed E-state index contributed by atoms with van der Waals surface area (Å²) in [5.74, 6) is -0.927. The first-order chi connectivity index (χ1) is 15.7. The van der Waals surface area contributed by atoms with Crippen LogP contribution in [0.4, 0.5) is 0 Å². The third kappa shape index (κ3) is 4.40. The van der Waals surface area contributed by atoms with E-state index in [4.69, 9.17) is 32.8 Å². The van der Waals surface area contributed by atoms with Crippen molar-refractivity contribution >= 4 is 22.9 Å². The summed E-state index contributed by atoms with van der Waals surface area (Å²) < 4.78 is 37.7. The van der Waals surface area contributed by atoms with Crippen LogP contribution in [0.2, 0.25) is 0 Å². The zero-order valence-corrected chi connectivity index (χ0v) is 18.9. The molecule has 0 unspecified atom stereocenters. The van der Waals surface area contributed by atoms with Crippen LogP contribution in [0.25, 0.3) is 22.3 Å². The van der Waals surface area contributed by atoms with Gasteiger partial charge in [0.25, 0.3) is 0 Å². The van der Waals surface area contributed by atoms with Crippen LogP contribution < -0.4 is 33.8 Å². The molecule has 1 heterocycles. The van der Waals surface area contributed by atoms with Crippen LogP contribution in [0.15, 0.2) is 33.5 Å². The molecule has 33 heavy (non-hydrogen) atoms. The number of carbonyl (C=O) groups is 2. The lowest BCUT2D eigenvalue weighted by Crippen LogP contribution is -2.14. The summed E-state index contributed by atoms with van der Waals surface area (Å²) >= 11 is 0. The summed E-state index contributed by atoms with van der Waals surface area (Å²) in [6.45, 7) is 2.38. The van der Waals surface area contributed by atoms with Gasteiger partial charge in [-0.25, -0.2) is 0 Å². The Morgan fingerprint density at radius 2 is 1.36 bits per heavy atom. The number of rotatable bonds is 7. The Kier molecular flexibility index (Phi) is 6.76. The van der Waals surface area contributed by atoms with Crippen molar-refractivity contribution in [1.29, 1.82) is 0 Å². The van der Waals surface area contributed by atoms with Crippen molar-refractivity contribution in [3.05, 3.63) is 34.5 Å². The molecule has 0 saturated heterocycles. The molecular weight excluding hydrogens is 436 g/mol. The van der Waals surface area contributed by atoms with Crippen LogP contribution in [-0.2, 0) is 9.59 Å². The van der Waals surface area contributed by atoms with Crippen LogP contribution in [0.3, 0.4) is 0 Å². The van der Waals surface area contributed by atoms with Gasteiger partial charge in [0, 0.05) is 25.5 Å². The van der Waals surface area contributed by atoms with Crippen molar-refractivity contribution in [3.63, 3.8) is 0 Å². The number of hydrogen-bond acceptors (Lipinski definition) is 10. The zero-order chi connectivity index (χ0) is 24.3. The third-order valence-electron chi connectivity index (χ3n) is 4.57. The average Bonchev–Trinajstić information content (AvgIpc) is 2.78. The molecule has 0 aliphatic heterocycles. The Balaban J connectivity index is 2.42. The highest BCUT2D eigenvalue weighted by Gasteiger charge is 2.26. The molecule has 3 aromatic rings. The largest absolute Gasteiger partial charge is 0.493 e. The molecule has 0 atom stereocenters. The highest BCUT2D eigenvalue weighted by Crippen LogP contribution is 2.45. The predicted molar refractivity (Wildman–Crippen MR) is 117 cm³/mol. The molecule has 0 radical (unpaired) electrons. The average molecular weight is 458 g/mol. The molecule has 2 aromatic carbocycles. The minimum atomic E-state index is -0.740. The summed E-state index contributed by atoms with van der Waals surface area (Å²) in [5.41, 5.74) is -0.301. The van der Waals surface area contributed by atoms with Gasteiger partial charge in [0.05, 0.1) is 28.4 Å². The predicted octanol–water partition coefficient (Wildman–Crippen LogP) is 3.35. The molecule has 0 bridgehead atoms. The SMILES string of the molecule is COc1ccc(-c2oc3cc(OC)c(OC)c(OC)c3c(=O)c2OC(C)=O)cc1OC(C)=O. The monoisotopic (exact) mass is 458 g/mol. The first-order valence-electron chi connectivity index (χ1n) is 9.60. The number of carbonyl (C=O) groups excluding carboxylic acids is 2. The second-order valence-corrected chi connectivity index (χ2v) is 6.66. The number of hydrogen-bond donors (Lipinski definition) is 0. The van der Waals surface area contributed by atoms with Gasteiger partial charge in [0.1, 0.15) is 11.0 Å². The van der Waals surface area contributed by atoms with E-state index in [1.165, 1.54) is 53.6 Å². The maximum Gasteiger partial charge on any atom is 0.308 e. The first-order valence-corrected chi connectivity index (χ1v) is 9.60. The van der Waals surface area contributed by atoms with Gasteiger partial charge in [0.2, 0.25) is 16.9 Å². The van der Waals surface area contributed by atoms with Crippen molar-refractivity contribution in [2.75, 3.05) is 28.4 Å². The minimum Gasteiger partial charge on any atom is -0.493 e. The fraction of sp³-hybridized carbons (Fsp3) is 0.261. The lowest BCUT2D eigenvalue weighted by molar-refractivity contribution is -0.132. The van der Waals surface area contributed by atoms with E-state index in [1.807, 2.05) is 0 Å². The number of fused-ring (bicyclic) bond motifs is 1. The van der Waals surface area contributed by atoms with E-state index in [0.29, 0.717) is 0 Å². The number of esters is 2. The van der Waals surface area contributed by atoms with Gasteiger partial charge in [-0.2, -0.15) is 0 Å². The number of ether oxygens (including phenoxy) is 6. The second kappa shape index (κ2) is 9.51. The normalized spacial score (nSPS) is 10.5. The highest BCUT2D eigenvalue weighted by atomic mass is 16.6. The van der Waals surface area contributed by atoms with Gasteiger partial charge in [-0.1, -0.05) is 0 Å². The molecule has 0 aliphatic carbocycles. The second-order valence-electron chi connectivity index (χ2n) is 6.66. The van der Waals surface area contributed by atoms with E-state index in [0.717, 1.165) is 6.92 Å². The smallest absolute Gasteiger partial charge is 0.308 e. The molecule has 0 spiro atoms. The molecule has 0 aliphatic rings. The summed E-state index contributed by atoms with van der Waals surface area (Å²) in [7, 11) is 5.58. The van der Waals surface area contributed by atoms with Gasteiger partial charge >= 0.3 is 11.9 Å². The van der Waals surface area contributed by atoms with Crippen molar-refractivity contribution in [2.24, 2.45) is 0 Å². The number of benzene rings is 2. The van der Waals surface area contributed by atoms with Crippen LogP contribution in [-0.4, -0.2) is 40.4 Å².